The lowest BCUT2D eigenvalue weighted by Gasteiger charge is -2.06. The molecule has 0 saturated carbocycles. The molecule has 2 atom stereocenters. The average molecular weight is 310 g/mol. The van der Waals surface area contributed by atoms with Crippen LogP contribution in [0, 0.1) is 0 Å². The Morgan fingerprint density at radius 3 is 2.44 bits per heavy atom. The Morgan fingerprint density at radius 2 is 1.94 bits per heavy atom. The molecule has 92 valence electrons. The predicted octanol–water partition coefficient (Wildman–Crippen LogP) is 1.32. The first-order valence-electron chi connectivity index (χ1n) is 4.64. The van der Waals surface area contributed by atoms with E-state index >= 15 is 0 Å². The maximum Gasteiger partial charge on any atom is 0.229 e. The highest BCUT2D eigenvalue weighted by Crippen LogP contribution is 2.06. The van der Waals surface area contributed by atoms with Gasteiger partial charge in [-0.2, -0.15) is 0 Å². The fraction of sp³-hybridized carbons (Fsp3) is 0.556. The van der Waals surface area contributed by atoms with Crippen molar-refractivity contribution in [1.29, 1.82) is 0 Å². The van der Waals surface area contributed by atoms with E-state index in [0.717, 1.165) is 6.26 Å². The van der Waals surface area contributed by atoms with Crippen molar-refractivity contribution in [3.63, 3.8) is 0 Å². The van der Waals surface area contributed by atoms with Gasteiger partial charge in [-0.1, -0.05) is 22.9 Å². The summed E-state index contributed by atoms with van der Waals surface area (Å²) in [5.41, 5.74) is 0. The number of alkyl halides is 1. The van der Waals surface area contributed by atoms with Crippen molar-refractivity contribution in [1.82, 2.24) is 4.72 Å². The van der Waals surface area contributed by atoms with Gasteiger partial charge in [0.05, 0.1) is 12.3 Å². The number of aliphatic imine (C=N–C) groups is 2. The quantitative estimate of drug-likeness (QED) is 0.594. The van der Waals surface area contributed by atoms with E-state index in [1.165, 1.54) is 18.6 Å². The summed E-state index contributed by atoms with van der Waals surface area (Å²) in [6.07, 6.45) is 6.73. The number of nitrogens with zero attached hydrogens (tertiary/aromatic N) is 2. The molecule has 0 aromatic heterocycles. The molecule has 7 heteroatoms. The van der Waals surface area contributed by atoms with Crippen LogP contribution in [0.1, 0.15) is 13.8 Å². The summed E-state index contributed by atoms with van der Waals surface area (Å²) >= 11 is 3.41. The SMILES string of the molecule is CC(Br)[C@H](C)\N=C/C=N\C=C/NS(C)(=O)=O. The highest BCUT2D eigenvalue weighted by molar-refractivity contribution is 9.09. The van der Waals surface area contributed by atoms with Crippen LogP contribution in [0.25, 0.3) is 0 Å². The van der Waals surface area contributed by atoms with Crippen LogP contribution in [0.15, 0.2) is 22.4 Å². The fourth-order valence-electron chi connectivity index (χ4n) is 0.578. The molecule has 1 unspecified atom stereocenters. The van der Waals surface area contributed by atoms with Crippen molar-refractivity contribution < 1.29 is 8.42 Å². The molecule has 0 radical (unpaired) electrons. The summed E-state index contributed by atoms with van der Waals surface area (Å²) in [6.45, 7) is 3.99. The number of sulfonamides is 1. The van der Waals surface area contributed by atoms with Crippen LogP contribution in [-0.4, -0.2) is 38.0 Å². The molecule has 0 aromatic rings. The van der Waals surface area contributed by atoms with Crippen molar-refractivity contribution in [2.45, 2.75) is 24.7 Å². The van der Waals surface area contributed by atoms with Crippen LogP contribution in [0.3, 0.4) is 0 Å². The molecule has 0 amide bonds. The van der Waals surface area contributed by atoms with Crippen LogP contribution in [0.2, 0.25) is 0 Å². The Morgan fingerprint density at radius 1 is 1.31 bits per heavy atom. The van der Waals surface area contributed by atoms with Crippen LogP contribution in [-0.2, 0) is 10.0 Å². The zero-order valence-electron chi connectivity index (χ0n) is 9.46. The smallest absolute Gasteiger partial charge is 0.229 e. The second-order valence-corrected chi connectivity index (χ2v) is 6.44. The van der Waals surface area contributed by atoms with E-state index in [1.54, 1.807) is 6.21 Å². The lowest BCUT2D eigenvalue weighted by atomic mass is 10.3. The largest absolute Gasteiger partial charge is 0.289 e. The van der Waals surface area contributed by atoms with Crippen LogP contribution in [0.5, 0.6) is 0 Å². The van der Waals surface area contributed by atoms with Gasteiger partial charge in [0, 0.05) is 29.7 Å². The van der Waals surface area contributed by atoms with Crippen molar-refractivity contribution in [2.24, 2.45) is 9.98 Å². The predicted molar refractivity (Wildman–Crippen MR) is 72.0 cm³/mol. The van der Waals surface area contributed by atoms with Gasteiger partial charge in [0.2, 0.25) is 10.0 Å². The summed E-state index contributed by atoms with van der Waals surface area (Å²) in [4.78, 5) is 8.29. The molecule has 5 nitrogen and oxygen atoms in total. The monoisotopic (exact) mass is 309 g/mol. The number of hydrogen-bond donors (Lipinski definition) is 1. The first kappa shape index (κ1) is 15.3. The highest BCUT2D eigenvalue weighted by Gasteiger charge is 2.03. The van der Waals surface area contributed by atoms with Gasteiger partial charge in [0.25, 0.3) is 0 Å². The molecule has 0 spiro atoms. The van der Waals surface area contributed by atoms with Crippen LogP contribution in [0.4, 0.5) is 0 Å². The number of nitrogens with one attached hydrogen (secondary N) is 1. The maximum atomic E-state index is 10.6. The lowest BCUT2D eigenvalue weighted by molar-refractivity contribution is 0.596. The standard InChI is InChI=1S/C9H16BrN3O2S/c1-8(10)9(2)12-6-4-11-5-7-13-16(3,14)15/h4-9,13H,1-3H3/b7-5-,11-4-,12-6-/t8?,9-/m0/s1. The first-order valence-corrected chi connectivity index (χ1v) is 7.45. The van der Waals surface area contributed by atoms with Crippen molar-refractivity contribution in [3.05, 3.63) is 12.4 Å². The minimum absolute atomic E-state index is 0.171. The fourth-order valence-corrected chi connectivity index (χ4v) is 1.02. The maximum absolute atomic E-state index is 10.6. The first-order chi connectivity index (χ1) is 7.33. The molecule has 0 aliphatic rings. The zero-order valence-corrected chi connectivity index (χ0v) is 11.9. The summed E-state index contributed by atoms with van der Waals surface area (Å²) in [5.74, 6) is 0. The molecule has 0 rings (SSSR count). The second kappa shape index (κ2) is 7.56. The minimum atomic E-state index is -3.19. The van der Waals surface area contributed by atoms with Crippen molar-refractivity contribution in [3.8, 4) is 0 Å². The lowest BCUT2D eigenvalue weighted by Crippen LogP contribution is -2.14. The summed E-state index contributed by atoms with van der Waals surface area (Å²) in [6, 6.07) is 0.171. The molecular formula is C9H16BrN3O2S. The van der Waals surface area contributed by atoms with Crippen molar-refractivity contribution >= 4 is 38.4 Å². The van der Waals surface area contributed by atoms with E-state index in [9.17, 15) is 8.42 Å². The Labute approximate surface area is 105 Å². The number of rotatable bonds is 6. The third kappa shape index (κ3) is 9.85. The summed E-state index contributed by atoms with van der Waals surface area (Å²) in [7, 11) is -3.19. The molecule has 0 aliphatic carbocycles. The van der Waals surface area contributed by atoms with Gasteiger partial charge >= 0.3 is 0 Å². The van der Waals surface area contributed by atoms with Gasteiger partial charge < -0.3 is 0 Å². The molecule has 0 heterocycles. The topological polar surface area (TPSA) is 70.9 Å². The molecule has 0 fully saturated rings. The normalized spacial score (nSPS) is 17.2. The van der Waals surface area contributed by atoms with Gasteiger partial charge in [0.1, 0.15) is 0 Å². The summed E-state index contributed by atoms with van der Waals surface area (Å²) < 4.78 is 23.4. The van der Waals surface area contributed by atoms with E-state index in [2.05, 4.69) is 30.6 Å². The molecule has 1 N–H and O–H groups in total. The van der Waals surface area contributed by atoms with E-state index in [1.807, 2.05) is 13.8 Å². The average Bonchev–Trinajstić information content (AvgIpc) is 2.14. The Hall–Kier alpha value is -0.690. The van der Waals surface area contributed by atoms with Gasteiger partial charge in [-0.25, -0.2) is 8.42 Å². The van der Waals surface area contributed by atoms with Crippen LogP contribution >= 0.6 is 15.9 Å². The zero-order chi connectivity index (χ0) is 12.6. The molecule has 0 saturated heterocycles. The Balaban J connectivity index is 3.95. The molecule has 0 bridgehead atoms. The van der Waals surface area contributed by atoms with E-state index < -0.39 is 10.0 Å². The number of halogens is 1. The van der Waals surface area contributed by atoms with E-state index in [0.29, 0.717) is 4.83 Å². The number of hydrogen-bond acceptors (Lipinski definition) is 4. The molecular weight excluding hydrogens is 294 g/mol. The molecule has 0 aliphatic heterocycles. The van der Waals surface area contributed by atoms with Gasteiger partial charge in [0.15, 0.2) is 0 Å². The highest BCUT2D eigenvalue weighted by atomic mass is 79.9. The van der Waals surface area contributed by atoms with E-state index in [4.69, 9.17) is 0 Å². The second-order valence-electron chi connectivity index (χ2n) is 3.22. The Kier molecular flexibility index (Phi) is 7.24. The van der Waals surface area contributed by atoms with Crippen molar-refractivity contribution in [2.75, 3.05) is 6.26 Å². The third-order valence-corrected chi connectivity index (χ3v) is 2.91. The Bertz CT molecular complexity index is 374. The molecule has 0 aromatic carbocycles. The van der Waals surface area contributed by atoms with E-state index in [-0.39, 0.29) is 6.04 Å². The van der Waals surface area contributed by atoms with Crippen LogP contribution < -0.4 is 4.72 Å². The minimum Gasteiger partial charge on any atom is -0.289 e. The van der Waals surface area contributed by atoms with Gasteiger partial charge in [-0.15, -0.1) is 0 Å². The molecule has 16 heavy (non-hydrogen) atoms. The van der Waals surface area contributed by atoms with Gasteiger partial charge in [-0.05, 0) is 6.92 Å². The summed E-state index contributed by atoms with van der Waals surface area (Å²) in [5, 5.41) is 0. The third-order valence-electron chi connectivity index (χ3n) is 1.58. The van der Waals surface area contributed by atoms with Gasteiger partial charge in [-0.3, -0.25) is 14.7 Å².